The fourth-order valence-corrected chi connectivity index (χ4v) is 4.27. The van der Waals surface area contributed by atoms with Crippen LogP contribution < -0.4 is 5.32 Å². The molecule has 1 spiro atoms. The molecule has 6 nitrogen and oxygen atoms in total. The summed E-state index contributed by atoms with van der Waals surface area (Å²) in [7, 11) is 0. The van der Waals surface area contributed by atoms with Crippen LogP contribution in [0.15, 0.2) is 0 Å². The van der Waals surface area contributed by atoms with Gasteiger partial charge in [-0.25, -0.2) is 4.79 Å². The Morgan fingerprint density at radius 2 is 1.88 bits per heavy atom. The number of hydrogen-bond donors (Lipinski definition) is 1. The van der Waals surface area contributed by atoms with E-state index >= 15 is 0 Å². The summed E-state index contributed by atoms with van der Waals surface area (Å²) < 4.78 is 0. The minimum Gasteiger partial charge on any atom is -0.341 e. The van der Waals surface area contributed by atoms with E-state index in [2.05, 4.69) is 26.1 Å². The first-order valence-corrected chi connectivity index (χ1v) is 9.24. The molecule has 1 unspecified atom stereocenters. The zero-order chi connectivity index (χ0) is 17.9. The highest BCUT2D eigenvalue weighted by Gasteiger charge is 2.54. The van der Waals surface area contributed by atoms with Gasteiger partial charge in [0.25, 0.3) is 5.91 Å². The van der Waals surface area contributed by atoms with Crippen molar-refractivity contribution in [2.45, 2.75) is 65.3 Å². The molecule has 0 aromatic carbocycles. The highest BCUT2D eigenvalue weighted by Crippen LogP contribution is 2.39. The Hall–Kier alpha value is -1.59. The van der Waals surface area contributed by atoms with Gasteiger partial charge in [0.1, 0.15) is 12.1 Å². The van der Waals surface area contributed by atoms with E-state index in [0.29, 0.717) is 37.8 Å². The van der Waals surface area contributed by atoms with Crippen LogP contribution >= 0.6 is 0 Å². The van der Waals surface area contributed by atoms with Crippen LogP contribution in [0.1, 0.15) is 59.8 Å². The Labute approximate surface area is 144 Å². The van der Waals surface area contributed by atoms with Crippen molar-refractivity contribution in [3.05, 3.63) is 0 Å². The van der Waals surface area contributed by atoms with Crippen molar-refractivity contribution in [1.82, 2.24) is 15.1 Å². The molecule has 1 saturated carbocycles. The van der Waals surface area contributed by atoms with Crippen molar-refractivity contribution in [3.63, 3.8) is 0 Å². The van der Waals surface area contributed by atoms with Gasteiger partial charge in [-0.3, -0.25) is 14.5 Å². The molecule has 1 saturated heterocycles. The molecule has 136 valence electrons. The Kier molecular flexibility index (Phi) is 5.88. The standard InChI is InChI=1S/C18H31N3O3/c1-5-7-8-20(6-2)15(22)12-21-16(23)18(19-17(21)24)10-13(3)9-14(4)11-18/h13-14H,5-12H2,1-4H3,(H,19,24)/t13-,14+,18?. The summed E-state index contributed by atoms with van der Waals surface area (Å²) in [5.41, 5.74) is -0.797. The van der Waals surface area contributed by atoms with E-state index in [0.717, 1.165) is 24.2 Å². The normalized spacial score (nSPS) is 29.9. The lowest BCUT2D eigenvalue weighted by Gasteiger charge is -2.38. The van der Waals surface area contributed by atoms with Gasteiger partial charge in [0, 0.05) is 13.1 Å². The number of nitrogens with one attached hydrogen (secondary N) is 1. The quantitative estimate of drug-likeness (QED) is 0.757. The van der Waals surface area contributed by atoms with E-state index in [4.69, 9.17) is 0 Å². The monoisotopic (exact) mass is 337 g/mol. The maximum absolute atomic E-state index is 12.9. The van der Waals surface area contributed by atoms with Crippen LogP contribution in [-0.2, 0) is 9.59 Å². The maximum atomic E-state index is 12.9. The van der Waals surface area contributed by atoms with Gasteiger partial charge in [-0.05, 0) is 44.4 Å². The van der Waals surface area contributed by atoms with Gasteiger partial charge in [0.2, 0.25) is 5.91 Å². The summed E-state index contributed by atoms with van der Waals surface area (Å²) in [6, 6.07) is -0.416. The average Bonchev–Trinajstić information content (AvgIpc) is 2.71. The molecule has 4 amide bonds. The van der Waals surface area contributed by atoms with Gasteiger partial charge in [0.15, 0.2) is 0 Å². The summed E-state index contributed by atoms with van der Waals surface area (Å²) >= 11 is 0. The molecule has 2 aliphatic rings. The summed E-state index contributed by atoms with van der Waals surface area (Å²) in [4.78, 5) is 40.6. The second kappa shape index (κ2) is 7.53. The van der Waals surface area contributed by atoms with Gasteiger partial charge >= 0.3 is 6.03 Å². The predicted molar refractivity (Wildman–Crippen MR) is 92.3 cm³/mol. The first-order valence-electron chi connectivity index (χ1n) is 9.24. The van der Waals surface area contributed by atoms with Crippen LogP contribution in [0.5, 0.6) is 0 Å². The third kappa shape index (κ3) is 3.73. The molecule has 0 aromatic heterocycles. The largest absolute Gasteiger partial charge is 0.341 e. The molecule has 0 bridgehead atoms. The first-order chi connectivity index (χ1) is 11.3. The Morgan fingerprint density at radius 3 is 2.42 bits per heavy atom. The van der Waals surface area contributed by atoms with Crippen LogP contribution in [0.2, 0.25) is 0 Å². The smallest absolute Gasteiger partial charge is 0.325 e. The molecule has 2 rings (SSSR count). The van der Waals surface area contributed by atoms with Crippen molar-refractivity contribution >= 4 is 17.8 Å². The van der Waals surface area contributed by atoms with Crippen LogP contribution in [0, 0.1) is 11.8 Å². The SMILES string of the molecule is CCCCN(CC)C(=O)CN1C(=O)NC2(C[C@H](C)C[C@H](C)C2)C1=O. The van der Waals surface area contributed by atoms with Gasteiger partial charge in [-0.1, -0.05) is 27.2 Å². The zero-order valence-electron chi connectivity index (χ0n) is 15.4. The lowest BCUT2D eigenvalue weighted by Crippen LogP contribution is -2.52. The van der Waals surface area contributed by atoms with Crippen molar-refractivity contribution in [2.75, 3.05) is 19.6 Å². The van der Waals surface area contributed by atoms with Gasteiger partial charge in [0.05, 0.1) is 0 Å². The van der Waals surface area contributed by atoms with Crippen molar-refractivity contribution in [2.24, 2.45) is 11.8 Å². The number of unbranched alkanes of at least 4 members (excludes halogenated alkanes) is 1. The third-order valence-corrected chi connectivity index (χ3v) is 5.25. The number of rotatable bonds is 6. The minimum absolute atomic E-state index is 0.146. The summed E-state index contributed by atoms with van der Waals surface area (Å²) in [6.07, 6.45) is 4.34. The molecule has 6 heteroatoms. The van der Waals surface area contributed by atoms with E-state index in [-0.39, 0.29) is 18.4 Å². The lowest BCUT2D eigenvalue weighted by atomic mass is 9.71. The van der Waals surface area contributed by atoms with E-state index in [1.807, 2.05) is 6.92 Å². The number of nitrogens with zero attached hydrogens (tertiary/aromatic N) is 2. The van der Waals surface area contributed by atoms with Crippen LogP contribution in [0.3, 0.4) is 0 Å². The number of hydrogen-bond acceptors (Lipinski definition) is 3. The topological polar surface area (TPSA) is 69.7 Å². The molecular formula is C18H31N3O3. The lowest BCUT2D eigenvalue weighted by molar-refractivity contribution is -0.140. The molecular weight excluding hydrogens is 306 g/mol. The Balaban J connectivity index is 2.07. The van der Waals surface area contributed by atoms with Gasteiger partial charge < -0.3 is 10.2 Å². The summed E-state index contributed by atoms with van der Waals surface area (Å²) in [5, 5.41) is 2.90. The van der Waals surface area contributed by atoms with Gasteiger partial charge in [-0.2, -0.15) is 0 Å². The fraction of sp³-hybridized carbons (Fsp3) is 0.833. The van der Waals surface area contributed by atoms with Gasteiger partial charge in [-0.15, -0.1) is 0 Å². The van der Waals surface area contributed by atoms with Crippen LogP contribution in [0.4, 0.5) is 4.79 Å². The zero-order valence-corrected chi connectivity index (χ0v) is 15.4. The molecule has 0 radical (unpaired) electrons. The molecule has 1 heterocycles. The van der Waals surface area contributed by atoms with E-state index in [9.17, 15) is 14.4 Å². The van der Waals surface area contributed by atoms with E-state index in [1.165, 1.54) is 0 Å². The third-order valence-electron chi connectivity index (χ3n) is 5.25. The molecule has 1 N–H and O–H groups in total. The fourth-order valence-electron chi connectivity index (χ4n) is 4.27. The molecule has 0 aromatic rings. The second-order valence-corrected chi connectivity index (χ2v) is 7.58. The number of carbonyl (C=O) groups is 3. The van der Waals surface area contributed by atoms with Crippen LogP contribution in [-0.4, -0.2) is 52.8 Å². The highest BCUT2D eigenvalue weighted by atomic mass is 16.2. The van der Waals surface area contributed by atoms with E-state index in [1.54, 1.807) is 4.90 Å². The predicted octanol–water partition coefficient (Wildman–Crippen LogP) is 2.38. The molecule has 24 heavy (non-hydrogen) atoms. The van der Waals surface area contributed by atoms with Crippen molar-refractivity contribution in [3.8, 4) is 0 Å². The second-order valence-electron chi connectivity index (χ2n) is 7.58. The Morgan fingerprint density at radius 1 is 1.25 bits per heavy atom. The molecule has 1 aliphatic carbocycles. The van der Waals surface area contributed by atoms with Crippen LogP contribution in [0.25, 0.3) is 0 Å². The first kappa shape index (κ1) is 18.7. The molecule has 3 atom stereocenters. The number of amides is 4. The van der Waals surface area contributed by atoms with E-state index < -0.39 is 11.6 Å². The molecule has 1 aliphatic heterocycles. The summed E-state index contributed by atoms with van der Waals surface area (Å²) in [5.74, 6) is 0.421. The highest BCUT2D eigenvalue weighted by molar-refractivity contribution is 6.09. The maximum Gasteiger partial charge on any atom is 0.325 e. The summed E-state index contributed by atoms with van der Waals surface area (Å²) in [6.45, 7) is 9.36. The molecule has 2 fully saturated rings. The number of imide groups is 1. The van der Waals surface area contributed by atoms with Crippen molar-refractivity contribution in [1.29, 1.82) is 0 Å². The number of carbonyl (C=O) groups excluding carboxylic acids is 3. The number of urea groups is 1. The van der Waals surface area contributed by atoms with Crippen molar-refractivity contribution < 1.29 is 14.4 Å². The average molecular weight is 337 g/mol. The number of likely N-dealkylation sites (N-methyl/N-ethyl adjacent to an activating group) is 1. The Bertz CT molecular complexity index is 496. The minimum atomic E-state index is -0.797.